The largest absolute Gasteiger partial charge is 0.273 e. The standard InChI is InChI=1S/C18H19N3O3S2/c1-2-13-7-6-10-15-17(13)19-18(25-15)21-20-16(22)11-12-26(23,24)14-8-4-3-5-9-14/h3-10H,2,11-12H2,1H3,(H,19,21)(H,20,22). The predicted molar refractivity (Wildman–Crippen MR) is 104 cm³/mol. The monoisotopic (exact) mass is 389 g/mol. The lowest BCUT2D eigenvalue weighted by Crippen LogP contribution is -2.30. The SMILES string of the molecule is CCc1cccc2sc(NNC(=O)CCS(=O)(=O)c3ccccc3)nc12. The van der Waals surface area contributed by atoms with Crippen LogP contribution in [0.25, 0.3) is 10.2 Å². The summed E-state index contributed by atoms with van der Waals surface area (Å²) in [5.41, 5.74) is 7.36. The highest BCUT2D eigenvalue weighted by Crippen LogP contribution is 2.28. The van der Waals surface area contributed by atoms with Crippen molar-refractivity contribution >= 4 is 42.4 Å². The number of rotatable bonds is 7. The number of aryl methyl sites for hydroxylation is 1. The van der Waals surface area contributed by atoms with E-state index in [0.717, 1.165) is 22.2 Å². The molecule has 0 aliphatic carbocycles. The van der Waals surface area contributed by atoms with Crippen molar-refractivity contribution < 1.29 is 13.2 Å². The second-order valence-corrected chi connectivity index (χ2v) is 8.83. The lowest BCUT2D eigenvalue weighted by molar-refractivity contribution is -0.120. The molecule has 1 amide bonds. The van der Waals surface area contributed by atoms with Gasteiger partial charge >= 0.3 is 0 Å². The van der Waals surface area contributed by atoms with E-state index < -0.39 is 15.7 Å². The Bertz CT molecular complexity index is 1010. The number of amides is 1. The van der Waals surface area contributed by atoms with Gasteiger partial charge in [0.1, 0.15) is 0 Å². The first-order valence-electron chi connectivity index (χ1n) is 8.20. The van der Waals surface area contributed by atoms with E-state index in [4.69, 9.17) is 0 Å². The maximum atomic E-state index is 12.2. The van der Waals surface area contributed by atoms with E-state index in [1.165, 1.54) is 23.5 Å². The van der Waals surface area contributed by atoms with Gasteiger partial charge in [-0.25, -0.2) is 13.4 Å². The Morgan fingerprint density at radius 1 is 1.12 bits per heavy atom. The number of hydrogen-bond acceptors (Lipinski definition) is 6. The molecule has 136 valence electrons. The van der Waals surface area contributed by atoms with Crippen molar-refractivity contribution in [1.29, 1.82) is 0 Å². The first-order chi connectivity index (χ1) is 12.5. The summed E-state index contributed by atoms with van der Waals surface area (Å²) in [4.78, 5) is 16.7. The zero-order valence-electron chi connectivity index (χ0n) is 14.2. The van der Waals surface area contributed by atoms with Crippen LogP contribution in [0, 0.1) is 0 Å². The molecule has 0 unspecified atom stereocenters. The van der Waals surface area contributed by atoms with Gasteiger partial charge in [-0.2, -0.15) is 0 Å². The fraction of sp³-hybridized carbons (Fsp3) is 0.222. The van der Waals surface area contributed by atoms with E-state index in [-0.39, 0.29) is 17.1 Å². The number of nitrogens with zero attached hydrogens (tertiary/aromatic N) is 1. The van der Waals surface area contributed by atoms with Crippen molar-refractivity contribution in [1.82, 2.24) is 10.4 Å². The first-order valence-corrected chi connectivity index (χ1v) is 10.7. The van der Waals surface area contributed by atoms with E-state index in [0.29, 0.717) is 5.13 Å². The van der Waals surface area contributed by atoms with Gasteiger partial charge in [-0.15, -0.1) is 0 Å². The molecule has 0 saturated heterocycles. The summed E-state index contributed by atoms with van der Waals surface area (Å²) in [6.45, 7) is 2.07. The van der Waals surface area contributed by atoms with E-state index in [2.05, 4.69) is 22.8 Å². The maximum absolute atomic E-state index is 12.2. The molecule has 26 heavy (non-hydrogen) atoms. The van der Waals surface area contributed by atoms with E-state index >= 15 is 0 Å². The van der Waals surface area contributed by atoms with Gasteiger partial charge in [-0.1, -0.05) is 48.6 Å². The Morgan fingerprint density at radius 3 is 2.62 bits per heavy atom. The van der Waals surface area contributed by atoms with Crippen LogP contribution in [0.1, 0.15) is 18.9 Å². The van der Waals surface area contributed by atoms with Crippen LogP contribution >= 0.6 is 11.3 Å². The molecule has 1 aromatic heterocycles. The average molecular weight is 390 g/mol. The molecule has 0 atom stereocenters. The topological polar surface area (TPSA) is 88.2 Å². The summed E-state index contributed by atoms with van der Waals surface area (Å²) in [7, 11) is -3.47. The number of carbonyl (C=O) groups is 1. The van der Waals surface area contributed by atoms with Gasteiger partial charge in [-0.05, 0) is 30.2 Å². The fourth-order valence-electron chi connectivity index (χ4n) is 2.50. The summed E-state index contributed by atoms with van der Waals surface area (Å²) >= 11 is 1.43. The van der Waals surface area contributed by atoms with Gasteiger partial charge in [0, 0.05) is 6.42 Å². The Kier molecular flexibility index (Phi) is 5.53. The summed E-state index contributed by atoms with van der Waals surface area (Å²) in [6.07, 6.45) is 0.750. The van der Waals surface area contributed by atoms with Crippen LogP contribution in [0.5, 0.6) is 0 Å². The summed E-state index contributed by atoms with van der Waals surface area (Å²) < 4.78 is 25.4. The Labute approximate surface area is 156 Å². The third-order valence-corrected chi connectivity index (χ3v) is 6.56. The number of para-hydroxylation sites is 1. The number of nitrogens with one attached hydrogen (secondary N) is 2. The van der Waals surface area contributed by atoms with Crippen LogP contribution in [-0.4, -0.2) is 25.1 Å². The molecule has 0 radical (unpaired) electrons. The van der Waals surface area contributed by atoms with Gasteiger partial charge in [0.05, 0.1) is 20.9 Å². The zero-order chi connectivity index (χ0) is 18.6. The number of hydrogen-bond donors (Lipinski definition) is 2. The van der Waals surface area contributed by atoms with Crippen molar-refractivity contribution in [3.63, 3.8) is 0 Å². The van der Waals surface area contributed by atoms with Crippen LogP contribution < -0.4 is 10.9 Å². The third-order valence-electron chi connectivity index (χ3n) is 3.89. The molecular formula is C18H19N3O3S2. The Balaban J connectivity index is 1.58. The van der Waals surface area contributed by atoms with Crippen molar-refractivity contribution in [2.24, 2.45) is 0 Å². The van der Waals surface area contributed by atoms with E-state index in [1.807, 2.05) is 18.2 Å². The molecule has 0 spiro atoms. The van der Waals surface area contributed by atoms with Crippen molar-refractivity contribution in [3.8, 4) is 0 Å². The van der Waals surface area contributed by atoms with Gasteiger partial charge in [-0.3, -0.25) is 15.6 Å². The molecular weight excluding hydrogens is 370 g/mol. The van der Waals surface area contributed by atoms with Crippen LogP contribution in [0.2, 0.25) is 0 Å². The minimum absolute atomic E-state index is 0.130. The molecule has 8 heteroatoms. The van der Waals surface area contributed by atoms with Crippen LogP contribution in [0.15, 0.2) is 53.4 Å². The quantitative estimate of drug-likeness (QED) is 0.606. The van der Waals surface area contributed by atoms with Gasteiger partial charge in [0.25, 0.3) is 0 Å². The van der Waals surface area contributed by atoms with Gasteiger partial charge < -0.3 is 0 Å². The molecule has 2 N–H and O–H groups in total. The van der Waals surface area contributed by atoms with E-state index in [9.17, 15) is 13.2 Å². The second kappa shape index (κ2) is 7.84. The molecule has 3 aromatic rings. The lowest BCUT2D eigenvalue weighted by atomic mass is 10.1. The third kappa shape index (κ3) is 4.20. The minimum Gasteiger partial charge on any atom is -0.273 e. The second-order valence-electron chi connectivity index (χ2n) is 5.69. The summed E-state index contributed by atoms with van der Waals surface area (Å²) in [6, 6.07) is 14.1. The smallest absolute Gasteiger partial charge is 0.239 e. The molecule has 6 nitrogen and oxygen atoms in total. The van der Waals surface area contributed by atoms with Gasteiger partial charge in [0.2, 0.25) is 11.0 Å². The molecule has 0 bridgehead atoms. The van der Waals surface area contributed by atoms with Crippen LogP contribution in [0.3, 0.4) is 0 Å². The molecule has 0 aliphatic rings. The molecule has 0 saturated carbocycles. The Hall–Kier alpha value is -2.45. The fourth-order valence-corrected chi connectivity index (χ4v) is 4.63. The van der Waals surface area contributed by atoms with Crippen LogP contribution in [0.4, 0.5) is 5.13 Å². The Morgan fingerprint density at radius 2 is 1.88 bits per heavy atom. The number of anilines is 1. The molecule has 1 heterocycles. The zero-order valence-corrected chi connectivity index (χ0v) is 15.9. The number of thiazole rings is 1. The van der Waals surface area contributed by atoms with Crippen LogP contribution in [-0.2, 0) is 21.1 Å². The molecule has 2 aromatic carbocycles. The highest BCUT2D eigenvalue weighted by atomic mass is 32.2. The number of aromatic nitrogens is 1. The number of benzene rings is 2. The van der Waals surface area contributed by atoms with Crippen molar-refractivity contribution in [2.75, 3.05) is 11.2 Å². The van der Waals surface area contributed by atoms with Gasteiger partial charge in [0.15, 0.2) is 9.84 Å². The maximum Gasteiger partial charge on any atom is 0.239 e. The first kappa shape index (κ1) is 18.3. The van der Waals surface area contributed by atoms with Crippen molar-refractivity contribution in [3.05, 3.63) is 54.1 Å². The summed E-state index contributed by atoms with van der Waals surface area (Å²) in [5, 5.41) is 0.570. The van der Waals surface area contributed by atoms with Crippen molar-refractivity contribution in [2.45, 2.75) is 24.7 Å². The lowest BCUT2D eigenvalue weighted by Gasteiger charge is -2.06. The average Bonchev–Trinajstić information content (AvgIpc) is 3.08. The number of carbonyl (C=O) groups excluding carboxylic acids is 1. The normalized spacial score (nSPS) is 11.4. The number of sulfone groups is 1. The predicted octanol–water partition coefficient (Wildman–Crippen LogP) is 3.17. The summed E-state index contributed by atoms with van der Waals surface area (Å²) in [5.74, 6) is -0.649. The van der Waals surface area contributed by atoms with E-state index in [1.54, 1.807) is 18.2 Å². The molecule has 3 rings (SSSR count). The highest BCUT2D eigenvalue weighted by molar-refractivity contribution is 7.91. The molecule has 0 fully saturated rings. The minimum atomic E-state index is -3.47. The molecule has 0 aliphatic heterocycles. The number of fused-ring (bicyclic) bond motifs is 1. The number of hydrazine groups is 1. The highest BCUT2D eigenvalue weighted by Gasteiger charge is 2.16.